The van der Waals surface area contributed by atoms with Crippen LogP contribution >= 0.6 is 0 Å². The molecule has 0 radical (unpaired) electrons. The molecule has 0 N–H and O–H groups in total. The van der Waals surface area contributed by atoms with E-state index in [2.05, 4.69) is 4.74 Å². The highest BCUT2D eigenvalue weighted by molar-refractivity contribution is 7.87. The number of rotatable bonds is 5. The maximum Gasteiger partial charge on any atom is 0.573 e. The predicted molar refractivity (Wildman–Crippen MR) is 78.8 cm³/mol. The van der Waals surface area contributed by atoms with Gasteiger partial charge in [-0.3, -0.25) is 10.1 Å². The van der Waals surface area contributed by atoms with Crippen LogP contribution in [0.2, 0.25) is 0 Å². The van der Waals surface area contributed by atoms with Gasteiger partial charge in [-0.05, 0) is 42.8 Å². The van der Waals surface area contributed by atoms with E-state index < -0.39 is 43.5 Å². The second-order valence-electron chi connectivity index (χ2n) is 4.78. The standard InChI is InChI=1S/C14H10F3NO6S/c1-9-2-7-13(12(8-9)18(19)20)24-25(21,22)11-5-3-10(4-6-11)23-14(15,16)17/h2-8H,1H3. The fraction of sp³-hybridized carbons (Fsp3) is 0.143. The summed E-state index contributed by atoms with van der Waals surface area (Å²) in [5.74, 6) is -1.13. The van der Waals surface area contributed by atoms with Gasteiger partial charge >= 0.3 is 22.2 Å². The second kappa shape index (κ2) is 6.59. The Labute approximate surface area is 139 Å². The molecule has 2 rings (SSSR count). The van der Waals surface area contributed by atoms with Gasteiger partial charge < -0.3 is 8.92 Å². The number of benzene rings is 2. The van der Waals surface area contributed by atoms with E-state index in [4.69, 9.17) is 4.18 Å². The van der Waals surface area contributed by atoms with Gasteiger partial charge in [0.2, 0.25) is 5.75 Å². The average molecular weight is 377 g/mol. The van der Waals surface area contributed by atoms with Crippen LogP contribution in [-0.4, -0.2) is 19.7 Å². The lowest BCUT2D eigenvalue weighted by Crippen LogP contribution is -2.17. The number of hydrogen-bond donors (Lipinski definition) is 0. The Bertz CT molecular complexity index is 894. The van der Waals surface area contributed by atoms with Crippen molar-refractivity contribution in [3.05, 3.63) is 58.1 Å². The summed E-state index contributed by atoms with van der Waals surface area (Å²) in [6.07, 6.45) is -4.92. The summed E-state index contributed by atoms with van der Waals surface area (Å²) in [4.78, 5) is 9.69. The van der Waals surface area contributed by atoms with E-state index >= 15 is 0 Å². The van der Waals surface area contributed by atoms with Crippen LogP contribution in [0.15, 0.2) is 47.4 Å². The first kappa shape index (κ1) is 18.5. The van der Waals surface area contributed by atoms with Crippen LogP contribution in [0.1, 0.15) is 5.56 Å². The third-order valence-electron chi connectivity index (χ3n) is 2.86. The van der Waals surface area contributed by atoms with Crippen molar-refractivity contribution in [3.63, 3.8) is 0 Å². The van der Waals surface area contributed by atoms with Gasteiger partial charge in [-0.15, -0.1) is 13.2 Å². The monoisotopic (exact) mass is 377 g/mol. The van der Waals surface area contributed by atoms with Crippen molar-refractivity contribution >= 4 is 15.8 Å². The number of alkyl halides is 3. The molecule has 0 unspecified atom stereocenters. The van der Waals surface area contributed by atoms with E-state index in [9.17, 15) is 31.7 Å². The van der Waals surface area contributed by atoms with E-state index in [1.165, 1.54) is 6.07 Å². The minimum atomic E-state index is -4.92. The lowest BCUT2D eigenvalue weighted by atomic mass is 10.2. The topological polar surface area (TPSA) is 95.7 Å². The minimum absolute atomic E-state index is 0.489. The fourth-order valence-corrected chi connectivity index (χ4v) is 2.76. The first-order valence-electron chi connectivity index (χ1n) is 6.53. The molecule has 0 aromatic heterocycles. The van der Waals surface area contributed by atoms with Gasteiger partial charge in [0.25, 0.3) is 0 Å². The van der Waals surface area contributed by atoms with Gasteiger partial charge in [0.15, 0.2) is 0 Å². The van der Waals surface area contributed by atoms with Gasteiger partial charge in [0.1, 0.15) is 10.6 Å². The summed E-state index contributed by atoms with van der Waals surface area (Å²) in [5.41, 5.74) is -0.0364. The number of halogens is 3. The number of nitro groups is 1. The first-order valence-corrected chi connectivity index (χ1v) is 7.94. The number of hydrogen-bond acceptors (Lipinski definition) is 6. The number of nitro benzene ring substituents is 1. The van der Waals surface area contributed by atoms with Gasteiger partial charge in [-0.1, -0.05) is 6.07 Å². The summed E-state index contributed by atoms with van der Waals surface area (Å²) in [6.45, 7) is 1.57. The molecule has 2 aromatic rings. The molecule has 0 aliphatic carbocycles. The Morgan fingerprint density at radius 3 is 2.20 bits per heavy atom. The van der Waals surface area contributed by atoms with Gasteiger partial charge in [0, 0.05) is 6.07 Å². The summed E-state index contributed by atoms with van der Waals surface area (Å²) in [5, 5.41) is 11.0. The zero-order valence-electron chi connectivity index (χ0n) is 12.5. The molecule has 25 heavy (non-hydrogen) atoms. The Morgan fingerprint density at radius 2 is 1.68 bits per heavy atom. The van der Waals surface area contributed by atoms with Crippen molar-refractivity contribution in [2.45, 2.75) is 18.2 Å². The molecule has 2 aromatic carbocycles. The van der Waals surface area contributed by atoms with Crippen molar-refractivity contribution in [1.29, 1.82) is 0 Å². The Kier molecular flexibility index (Phi) is 4.88. The average Bonchev–Trinajstić information content (AvgIpc) is 2.47. The maximum atomic E-state index is 12.2. The molecule has 0 amide bonds. The van der Waals surface area contributed by atoms with Gasteiger partial charge in [-0.25, -0.2) is 0 Å². The molecule has 11 heteroatoms. The van der Waals surface area contributed by atoms with Gasteiger partial charge in [0.05, 0.1) is 4.92 Å². The minimum Gasteiger partial charge on any atom is -0.406 e. The summed E-state index contributed by atoms with van der Waals surface area (Å²) in [7, 11) is -4.48. The third kappa shape index (κ3) is 4.83. The van der Waals surface area contributed by atoms with E-state index in [1.807, 2.05) is 0 Å². The molecule has 0 saturated heterocycles. The van der Waals surface area contributed by atoms with Crippen LogP contribution < -0.4 is 8.92 Å². The van der Waals surface area contributed by atoms with Crippen molar-refractivity contribution in [2.75, 3.05) is 0 Å². The van der Waals surface area contributed by atoms with Crippen LogP contribution in [0, 0.1) is 17.0 Å². The van der Waals surface area contributed by atoms with Crippen molar-refractivity contribution < 1.29 is 35.4 Å². The Hall–Kier alpha value is -2.82. The number of nitrogens with zero attached hydrogens (tertiary/aromatic N) is 1. The zero-order valence-corrected chi connectivity index (χ0v) is 13.3. The van der Waals surface area contributed by atoms with Crippen LogP contribution in [0.3, 0.4) is 0 Å². The summed E-state index contributed by atoms with van der Waals surface area (Å²) >= 11 is 0. The van der Waals surface area contributed by atoms with Crippen LogP contribution in [0.4, 0.5) is 18.9 Å². The molecule has 134 valence electrons. The molecular weight excluding hydrogens is 367 g/mol. The molecule has 7 nitrogen and oxygen atoms in total. The van der Waals surface area contributed by atoms with Crippen molar-refractivity contribution in [2.24, 2.45) is 0 Å². The molecule has 0 heterocycles. The molecule has 0 saturated carbocycles. The Balaban J connectivity index is 2.30. The highest BCUT2D eigenvalue weighted by atomic mass is 32.2. The van der Waals surface area contributed by atoms with Crippen molar-refractivity contribution in [3.8, 4) is 11.5 Å². The molecule has 0 atom stereocenters. The largest absolute Gasteiger partial charge is 0.573 e. The molecule has 0 spiro atoms. The number of aryl methyl sites for hydroxylation is 1. The molecule has 0 aliphatic heterocycles. The molecule has 0 fully saturated rings. The van der Waals surface area contributed by atoms with E-state index in [0.29, 0.717) is 5.56 Å². The van der Waals surface area contributed by atoms with E-state index in [0.717, 1.165) is 36.4 Å². The highest BCUT2D eigenvalue weighted by Gasteiger charge is 2.31. The highest BCUT2D eigenvalue weighted by Crippen LogP contribution is 2.31. The quantitative estimate of drug-likeness (QED) is 0.449. The van der Waals surface area contributed by atoms with Crippen LogP contribution in [0.5, 0.6) is 11.5 Å². The SMILES string of the molecule is Cc1ccc(OS(=O)(=O)c2ccc(OC(F)(F)F)cc2)c([N+](=O)[O-])c1. The predicted octanol–water partition coefficient (Wildman–Crippen LogP) is 3.57. The molecular formula is C14H10F3NO6S. The zero-order chi connectivity index (χ0) is 18.8. The molecule has 0 aliphatic rings. The normalized spacial score (nSPS) is 11.8. The second-order valence-corrected chi connectivity index (χ2v) is 6.33. The summed E-state index contributed by atoms with van der Waals surface area (Å²) in [6, 6.07) is 6.89. The Morgan fingerprint density at radius 1 is 1.08 bits per heavy atom. The van der Waals surface area contributed by atoms with Gasteiger partial charge in [-0.2, -0.15) is 8.42 Å². The first-order chi connectivity index (χ1) is 11.5. The number of ether oxygens (including phenoxy) is 1. The third-order valence-corrected chi connectivity index (χ3v) is 4.11. The molecule has 0 bridgehead atoms. The van der Waals surface area contributed by atoms with E-state index in [1.54, 1.807) is 6.92 Å². The maximum absolute atomic E-state index is 12.2. The fourth-order valence-electron chi connectivity index (χ4n) is 1.81. The van der Waals surface area contributed by atoms with Crippen molar-refractivity contribution in [1.82, 2.24) is 0 Å². The smallest absolute Gasteiger partial charge is 0.406 e. The summed E-state index contributed by atoms with van der Waals surface area (Å²) < 4.78 is 68.9. The van der Waals surface area contributed by atoms with Crippen LogP contribution in [-0.2, 0) is 10.1 Å². The van der Waals surface area contributed by atoms with E-state index in [-0.39, 0.29) is 0 Å². The van der Waals surface area contributed by atoms with Crippen LogP contribution in [0.25, 0.3) is 0 Å². The lowest BCUT2D eigenvalue weighted by molar-refractivity contribution is -0.385. The lowest BCUT2D eigenvalue weighted by Gasteiger charge is -2.10.